The molecule has 0 aliphatic heterocycles. The summed E-state index contributed by atoms with van der Waals surface area (Å²) in [7, 11) is -2.94. The Morgan fingerprint density at radius 1 is 1.05 bits per heavy atom. The second-order valence-corrected chi connectivity index (χ2v) is 26.5. The van der Waals surface area contributed by atoms with Gasteiger partial charge >= 0.3 is 0 Å². The molecule has 0 amide bonds. The summed E-state index contributed by atoms with van der Waals surface area (Å²) in [5, 5.41) is 4.80. The van der Waals surface area contributed by atoms with E-state index in [1.165, 1.54) is 25.7 Å². The minimum atomic E-state index is -1.71. The van der Waals surface area contributed by atoms with E-state index >= 15 is 0 Å². The lowest BCUT2D eigenvalue weighted by Gasteiger charge is -2.38. The molecule has 1 saturated carbocycles. The number of ether oxygens (including phenoxy) is 1. The molecule has 1 aliphatic rings. The Kier molecular flexibility index (Phi) is 11.4. The standard InChI is InChI=1S/C33H52N4O3SSi2/c1-33(2,3)43(7,8)40-22-25-11-14-28(15-12-25)41-23-31-36-30-20-26(35-27-10-9-17-34-21-27)13-16-29(30)32(38)37(31)24-39-18-19-42(4,5)6/h9-10,13,16-17,20-21,25,28,35H,11-12,14-15,18-19,22-24H2,1-8H3. The number of rotatable bonds is 13. The van der Waals surface area contributed by atoms with Gasteiger partial charge in [0.05, 0.1) is 28.5 Å². The van der Waals surface area contributed by atoms with Crippen LogP contribution in [0.1, 0.15) is 52.3 Å². The largest absolute Gasteiger partial charge is 0.417 e. The Hall–Kier alpha value is -1.99. The van der Waals surface area contributed by atoms with Crippen molar-refractivity contribution in [1.29, 1.82) is 0 Å². The summed E-state index contributed by atoms with van der Waals surface area (Å²) in [5.74, 6) is 2.13. The van der Waals surface area contributed by atoms with Crippen LogP contribution < -0.4 is 10.9 Å². The van der Waals surface area contributed by atoms with Crippen molar-refractivity contribution in [1.82, 2.24) is 14.5 Å². The van der Waals surface area contributed by atoms with Gasteiger partial charge in [0.15, 0.2) is 8.32 Å². The van der Waals surface area contributed by atoms with Crippen molar-refractivity contribution in [2.45, 2.75) is 108 Å². The van der Waals surface area contributed by atoms with Gasteiger partial charge in [0, 0.05) is 38.4 Å². The highest BCUT2D eigenvalue weighted by atomic mass is 32.2. The van der Waals surface area contributed by atoms with Gasteiger partial charge in [-0.25, -0.2) is 4.98 Å². The maximum absolute atomic E-state index is 13.7. The number of aromatic nitrogens is 3. The molecule has 2 heterocycles. The number of nitrogens with one attached hydrogen (secondary N) is 1. The molecule has 236 valence electrons. The third kappa shape index (κ3) is 9.75. The van der Waals surface area contributed by atoms with E-state index < -0.39 is 16.4 Å². The zero-order valence-electron chi connectivity index (χ0n) is 27.5. The topological polar surface area (TPSA) is 78.3 Å². The number of hydrogen-bond acceptors (Lipinski definition) is 7. The van der Waals surface area contributed by atoms with Crippen LogP contribution in [-0.2, 0) is 21.6 Å². The molecule has 0 atom stereocenters. The zero-order valence-corrected chi connectivity index (χ0v) is 30.4. The molecule has 3 aromatic rings. The van der Waals surface area contributed by atoms with Crippen molar-refractivity contribution >= 4 is 50.4 Å². The fourth-order valence-electron chi connectivity index (χ4n) is 4.93. The average Bonchev–Trinajstić information content (AvgIpc) is 2.94. The molecule has 2 aromatic heterocycles. The molecule has 7 nitrogen and oxygen atoms in total. The van der Waals surface area contributed by atoms with Crippen LogP contribution >= 0.6 is 11.8 Å². The molecule has 1 fully saturated rings. The van der Waals surface area contributed by atoms with Gasteiger partial charge in [0.1, 0.15) is 12.6 Å². The highest BCUT2D eigenvalue weighted by Crippen LogP contribution is 2.39. The first-order valence-electron chi connectivity index (χ1n) is 15.8. The summed E-state index contributed by atoms with van der Waals surface area (Å²) in [6.07, 6.45) is 8.30. The fraction of sp³-hybridized carbons (Fsp3) is 0.606. The number of fused-ring (bicyclic) bond motifs is 1. The van der Waals surface area contributed by atoms with Gasteiger partial charge in [-0.3, -0.25) is 14.3 Å². The molecule has 10 heteroatoms. The van der Waals surface area contributed by atoms with Crippen LogP contribution in [0.4, 0.5) is 11.4 Å². The number of nitrogens with zero attached hydrogens (tertiary/aromatic N) is 3. The maximum Gasteiger partial charge on any atom is 0.263 e. The van der Waals surface area contributed by atoms with Crippen LogP contribution in [0, 0.1) is 5.92 Å². The van der Waals surface area contributed by atoms with Gasteiger partial charge in [-0.1, -0.05) is 40.4 Å². The Morgan fingerprint density at radius 2 is 1.79 bits per heavy atom. The minimum Gasteiger partial charge on any atom is -0.417 e. The van der Waals surface area contributed by atoms with E-state index in [1.54, 1.807) is 17.0 Å². The molecule has 1 N–H and O–H groups in total. The van der Waals surface area contributed by atoms with Gasteiger partial charge in [0.25, 0.3) is 5.56 Å². The third-order valence-corrected chi connectivity index (χ3v) is 16.5. The van der Waals surface area contributed by atoms with E-state index in [4.69, 9.17) is 14.1 Å². The van der Waals surface area contributed by atoms with Crippen LogP contribution in [0.15, 0.2) is 47.5 Å². The molecule has 0 spiro atoms. The summed E-state index contributed by atoms with van der Waals surface area (Å²) in [5.41, 5.74) is 2.45. The van der Waals surface area contributed by atoms with Crippen LogP contribution in [0.5, 0.6) is 0 Å². The highest BCUT2D eigenvalue weighted by Gasteiger charge is 2.38. The van der Waals surface area contributed by atoms with E-state index in [0.717, 1.165) is 29.9 Å². The Bertz CT molecular complexity index is 1400. The maximum atomic E-state index is 13.7. The fourth-order valence-corrected chi connectivity index (χ4v) is 7.98. The van der Waals surface area contributed by atoms with Crippen molar-refractivity contribution in [3.8, 4) is 0 Å². The molecule has 0 saturated heterocycles. The van der Waals surface area contributed by atoms with E-state index in [1.807, 2.05) is 42.1 Å². The number of benzene rings is 1. The summed E-state index contributed by atoms with van der Waals surface area (Å²) in [6.45, 7) is 20.4. The van der Waals surface area contributed by atoms with Crippen LogP contribution in [0.25, 0.3) is 10.9 Å². The molecule has 0 unspecified atom stereocenters. The van der Waals surface area contributed by atoms with Gasteiger partial charge in [0.2, 0.25) is 0 Å². The monoisotopic (exact) mass is 640 g/mol. The highest BCUT2D eigenvalue weighted by molar-refractivity contribution is 7.99. The number of anilines is 2. The Morgan fingerprint density at radius 3 is 2.44 bits per heavy atom. The molecular weight excluding hydrogens is 589 g/mol. The zero-order chi connectivity index (χ0) is 31.3. The Balaban J connectivity index is 1.45. The van der Waals surface area contributed by atoms with Crippen molar-refractivity contribution in [2.75, 3.05) is 18.5 Å². The molecule has 1 aromatic carbocycles. The molecule has 4 rings (SSSR count). The SMILES string of the molecule is CC(C)(C)[Si](C)(C)OCC1CCC(SCc2nc3cc(Nc4cccnc4)ccc3c(=O)n2COCC[Si](C)(C)C)CC1. The van der Waals surface area contributed by atoms with Crippen molar-refractivity contribution in [2.24, 2.45) is 5.92 Å². The summed E-state index contributed by atoms with van der Waals surface area (Å²) in [6, 6.07) is 10.7. The molecule has 43 heavy (non-hydrogen) atoms. The van der Waals surface area contributed by atoms with Crippen molar-refractivity contribution in [3.63, 3.8) is 0 Å². The van der Waals surface area contributed by atoms with Crippen LogP contribution in [0.2, 0.25) is 43.8 Å². The lowest BCUT2D eigenvalue weighted by molar-refractivity contribution is 0.0827. The first-order chi connectivity index (χ1) is 20.2. The van der Waals surface area contributed by atoms with E-state index in [-0.39, 0.29) is 17.3 Å². The lowest BCUT2D eigenvalue weighted by atomic mass is 9.90. The normalized spacial score (nSPS) is 18.2. The first-order valence-corrected chi connectivity index (χ1v) is 23.4. The number of pyridine rings is 1. The summed E-state index contributed by atoms with van der Waals surface area (Å²) in [4.78, 5) is 23.0. The van der Waals surface area contributed by atoms with Gasteiger partial charge < -0.3 is 14.5 Å². The summed E-state index contributed by atoms with van der Waals surface area (Å²) >= 11 is 1.94. The molecule has 1 aliphatic carbocycles. The second kappa shape index (κ2) is 14.4. The first kappa shape index (κ1) is 33.9. The molecular formula is C33H52N4O3SSi2. The van der Waals surface area contributed by atoms with Crippen LogP contribution in [0.3, 0.4) is 0 Å². The van der Waals surface area contributed by atoms with Gasteiger partial charge in [-0.05, 0) is 86.1 Å². The predicted octanol–water partition coefficient (Wildman–Crippen LogP) is 8.66. The minimum absolute atomic E-state index is 0.0342. The smallest absolute Gasteiger partial charge is 0.263 e. The van der Waals surface area contributed by atoms with Crippen molar-refractivity contribution < 1.29 is 9.16 Å². The summed E-state index contributed by atoms with van der Waals surface area (Å²) < 4.78 is 14.4. The Labute approximate surface area is 264 Å². The van der Waals surface area contributed by atoms with Crippen LogP contribution in [-0.4, -0.2) is 49.4 Å². The average molecular weight is 641 g/mol. The quantitative estimate of drug-likeness (QED) is 0.148. The van der Waals surface area contributed by atoms with Gasteiger partial charge in [-0.15, -0.1) is 0 Å². The number of hydrogen-bond donors (Lipinski definition) is 1. The van der Waals surface area contributed by atoms with E-state index in [2.05, 4.69) is 63.8 Å². The second-order valence-electron chi connectivity index (χ2n) is 14.7. The lowest BCUT2D eigenvalue weighted by Crippen LogP contribution is -2.42. The van der Waals surface area contributed by atoms with Gasteiger partial charge in [-0.2, -0.15) is 11.8 Å². The van der Waals surface area contributed by atoms with E-state index in [9.17, 15) is 4.79 Å². The van der Waals surface area contributed by atoms with Crippen molar-refractivity contribution in [3.05, 3.63) is 58.9 Å². The van der Waals surface area contributed by atoms with E-state index in [0.29, 0.717) is 34.4 Å². The predicted molar refractivity (Wildman–Crippen MR) is 188 cm³/mol. The third-order valence-electron chi connectivity index (χ3n) is 8.93. The molecule has 0 radical (unpaired) electrons. The number of thioether (sulfide) groups is 1. The molecule has 0 bridgehead atoms.